The molecule has 1 amide bonds. The Hall–Kier alpha value is -1.35. The molecular weight excluding hydrogens is 212 g/mol. The van der Waals surface area contributed by atoms with Crippen LogP contribution >= 0.6 is 0 Å². The smallest absolute Gasteiger partial charge is 0.226 e. The van der Waals surface area contributed by atoms with E-state index >= 15 is 0 Å². The number of benzene rings is 1. The first kappa shape index (κ1) is 12.1. The van der Waals surface area contributed by atoms with Gasteiger partial charge < -0.3 is 10.2 Å². The molecule has 2 rings (SSSR count). The molecule has 1 atom stereocenters. The van der Waals surface area contributed by atoms with Gasteiger partial charge in [-0.1, -0.05) is 32.0 Å². The highest BCUT2D eigenvalue weighted by atomic mass is 16.2. The van der Waals surface area contributed by atoms with Crippen molar-refractivity contribution in [3.8, 4) is 0 Å². The summed E-state index contributed by atoms with van der Waals surface area (Å²) in [5.74, 6) is 0.215. The standard InChI is InChI=1S/C14H20N2O/c1-3-14(17)16-10-9-12(15-4-2)11-7-5-6-8-13(11)16/h5-8,12,15H,3-4,9-10H2,1-2H3. The minimum Gasteiger partial charge on any atom is -0.312 e. The van der Waals surface area contributed by atoms with Crippen molar-refractivity contribution in [2.45, 2.75) is 32.7 Å². The van der Waals surface area contributed by atoms with Crippen molar-refractivity contribution < 1.29 is 4.79 Å². The lowest BCUT2D eigenvalue weighted by Gasteiger charge is -2.34. The van der Waals surface area contributed by atoms with E-state index in [9.17, 15) is 4.79 Å². The van der Waals surface area contributed by atoms with Crippen LogP contribution in [0.1, 0.15) is 38.3 Å². The molecule has 0 spiro atoms. The van der Waals surface area contributed by atoms with Crippen LogP contribution < -0.4 is 10.2 Å². The van der Waals surface area contributed by atoms with Gasteiger partial charge in [0.15, 0.2) is 0 Å². The van der Waals surface area contributed by atoms with Crippen LogP contribution in [0.5, 0.6) is 0 Å². The molecule has 3 heteroatoms. The van der Waals surface area contributed by atoms with Gasteiger partial charge in [-0.3, -0.25) is 4.79 Å². The molecule has 0 radical (unpaired) electrons. The molecule has 1 heterocycles. The Kier molecular flexibility index (Phi) is 3.79. The van der Waals surface area contributed by atoms with Gasteiger partial charge in [0.1, 0.15) is 0 Å². The van der Waals surface area contributed by atoms with E-state index in [4.69, 9.17) is 0 Å². The van der Waals surface area contributed by atoms with Gasteiger partial charge in [0.05, 0.1) is 0 Å². The second-order valence-electron chi connectivity index (χ2n) is 4.36. The van der Waals surface area contributed by atoms with Crippen LogP contribution in [0.25, 0.3) is 0 Å². The van der Waals surface area contributed by atoms with E-state index < -0.39 is 0 Å². The first-order chi connectivity index (χ1) is 8.27. The van der Waals surface area contributed by atoms with Crippen LogP contribution in [-0.2, 0) is 4.79 Å². The Morgan fingerprint density at radius 1 is 1.41 bits per heavy atom. The number of nitrogens with zero attached hydrogens (tertiary/aromatic N) is 1. The summed E-state index contributed by atoms with van der Waals surface area (Å²) in [5.41, 5.74) is 2.33. The van der Waals surface area contributed by atoms with Crippen LogP contribution in [-0.4, -0.2) is 19.0 Å². The second-order valence-corrected chi connectivity index (χ2v) is 4.36. The summed E-state index contributed by atoms with van der Waals surface area (Å²) in [7, 11) is 0. The van der Waals surface area contributed by atoms with Crippen LogP contribution in [0, 0.1) is 0 Å². The molecule has 1 aliphatic rings. The van der Waals surface area contributed by atoms with E-state index in [2.05, 4.69) is 18.3 Å². The maximum Gasteiger partial charge on any atom is 0.226 e. The summed E-state index contributed by atoms with van der Waals surface area (Å²) < 4.78 is 0. The summed E-state index contributed by atoms with van der Waals surface area (Å²) in [4.78, 5) is 13.8. The molecule has 0 saturated carbocycles. The van der Waals surface area contributed by atoms with Gasteiger partial charge in [0.25, 0.3) is 0 Å². The van der Waals surface area contributed by atoms with Crippen LogP contribution in [0.2, 0.25) is 0 Å². The Labute approximate surface area is 103 Å². The molecule has 17 heavy (non-hydrogen) atoms. The Morgan fingerprint density at radius 2 is 2.18 bits per heavy atom. The highest BCUT2D eigenvalue weighted by Gasteiger charge is 2.26. The summed E-state index contributed by atoms with van der Waals surface area (Å²) >= 11 is 0. The van der Waals surface area contributed by atoms with Gasteiger partial charge in [-0.15, -0.1) is 0 Å². The van der Waals surface area contributed by atoms with Crippen molar-refractivity contribution in [3.05, 3.63) is 29.8 Å². The predicted octanol–water partition coefficient (Wildman–Crippen LogP) is 2.48. The Bertz CT molecular complexity index is 403. The van der Waals surface area contributed by atoms with Crippen molar-refractivity contribution in [3.63, 3.8) is 0 Å². The molecule has 3 nitrogen and oxygen atoms in total. The fourth-order valence-corrected chi connectivity index (χ4v) is 2.47. The number of anilines is 1. The van der Waals surface area contributed by atoms with Gasteiger partial charge in [0.2, 0.25) is 5.91 Å². The molecule has 1 aromatic carbocycles. The topological polar surface area (TPSA) is 32.3 Å². The molecule has 1 unspecified atom stereocenters. The number of carbonyl (C=O) groups is 1. The highest BCUT2D eigenvalue weighted by molar-refractivity contribution is 5.94. The fourth-order valence-electron chi connectivity index (χ4n) is 2.47. The minimum atomic E-state index is 0.215. The largest absolute Gasteiger partial charge is 0.312 e. The van der Waals surface area contributed by atoms with Crippen LogP contribution in [0.3, 0.4) is 0 Å². The molecular formula is C14H20N2O. The zero-order chi connectivity index (χ0) is 12.3. The van der Waals surface area contributed by atoms with Crippen molar-refractivity contribution in [1.29, 1.82) is 0 Å². The van der Waals surface area contributed by atoms with Crippen LogP contribution in [0.4, 0.5) is 5.69 Å². The maximum atomic E-state index is 11.9. The highest BCUT2D eigenvalue weighted by Crippen LogP contribution is 2.33. The van der Waals surface area contributed by atoms with Crippen molar-refractivity contribution in [2.24, 2.45) is 0 Å². The average molecular weight is 232 g/mol. The first-order valence-corrected chi connectivity index (χ1v) is 6.40. The van der Waals surface area contributed by atoms with E-state index in [0.29, 0.717) is 12.5 Å². The van der Waals surface area contributed by atoms with Gasteiger partial charge in [0, 0.05) is 24.7 Å². The number of hydrogen-bond acceptors (Lipinski definition) is 2. The molecule has 0 fully saturated rings. The zero-order valence-corrected chi connectivity index (χ0v) is 10.6. The normalized spacial score (nSPS) is 18.9. The summed E-state index contributed by atoms with van der Waals surface area (Å²) in [6, 6.07) is 8.60. The fraction of sp³-hybridized carbons (Fsp3) is 0.500. The summed E-state index contributed by atoms with van der Waals surface area (Å²) in [6.07, 6.45) is 1.57. The van der Waals surface area contributed by atoms with E-state index in [1.165, 1.54) is 5.56 Å². The molecule has 0 aromatic heterocycles. The van der Waals surface area contributed by atoms with E-state index in [1.54, 1.807) is 0 Å². The SMILES string of the molecule is CCNC1CCN(C(=O)CC)c2ccccc21. The first-order valence-electron chi connectivity index (χ1n) is 6.40. The number of rotatable bonds is 3. The third-order valence-electron chi connectivity index (χ3n) is 3.30. The Balaban J connectivity index is 2.33. The number of carbonyl (C=O) groups excluding carboxylic acids is 1. The minimum absolute atomic E-state index is 0.215. The van der Waals surface area contributed by atoms with E-state index in [0.717, 1.165) is 25.2 Å². The quantitative estimate of drug-likeness (QED) is 0.868. The lowest BCUT2D eigenvalue weighted by Crippen LogP contribution is -2.39. The molecule has 1 aliphatic heterocycles. The second kappa shape index (κ2) is 5.32. The Morgan fingerprint density at radius 3 is 2.88 bits per heavy atom. The number of fused-ring (bicyclic) bond motifs is 1. The lowest BCUT2D eigenvalue weighted by atomic mass is 9.96. The van der Waals surface area contributed by atoms with Gasteiger partial charge >= 0.3 is 0 Å². The number of hydrogen-bond donors (Lipinski definition) is 1. The van der Waals surface area contributed by atoms with Gasteiger partial charge in [-0.2, -0.15) is 0 Å². The van der Waals surface area contributed by atoms with Crippen molar-refractivity contribution in [2.75, 3.05) is 18.0 Å². The number of amides is 1. The van der Waals surface area contributed by atoms with E-state index in [1.807, 2.05) is 30.0 Å². The zero-order valence-electron chi connectivity index (χ0n) is 10.6. The third kappa shape index (κ3) is 2.34. The maximum absolute atomic E-state index is 11.9. The molecule has 1 aromatic rings. The van der Waals surface area contributed by atoms with E-state index in [-0.39, 0.29) is 5.91 Å². The predicted molar refractivity (Wildman–Crippen MR) is 70.1 cm³/mol. The van der Waals surface area contributed by atoms with Gasteiger partial charge in [-0.05, 0) is 24.6 Å². The summed E-state index contributed by atoms with van der Waals surface area (Å²) in [5, 5.41) is 3.48. The van der Waals surface area contributed by atoms with Gasteiger partial charge in [-0.25, -0.2) is 0 Å². The average Bonchev–Trinajstić information content (AvgIpc) is 2.38. The van der Waals surface area contributed by atoms with Crippen LogP contribution in [0.15, 0.2) is 24.3 Å². The third-order valence-corrected chi connectivity index (χ3v) is 3.30. The van der Waals surface area contributed by atoms with Crippen molar-refractivity contribution in [1.82, 2.24) is 5.32 Å². The number of nitrogens with one attached hydrogen (secondary N) is 1. The number of para-hydroxylation sites is 1. The molecule has 0 bridgehead atoms. The lowest BCUT2D eigenvalue weighted by molar-refractivity contribution is -0.118. The molecule has 1 N–H and O–H groups in total. The molecule has 0 saturated heterocycles. The summed E-state index contributed by atoms with van der Waals surface area (Å²) in [6.45, 7) is 5.82. The molecule has 0 aliphatic carbocycles. The molecule has 92 valence electrons. The van der Waals surface area contributed by atoms with Crippen molar-refractivity contribution >= 4 is 11.6 Å². The monoisotopic (exact) mass is 232 g/mol.